The minimum absolute atomic E-state index is 0.305. The van der Waals surface area contributed by atoms with Crippen molar-refractivity contribution < 1.29 is 22.8 Å². The lowest BCUT2D eigenvalue weighted by Gasteiger charge is -2.32. The van der Waals surface area contributed by atoms with Crippen LogP contribution in [0.3, 0.4) is 0 Å². The molecule has 0 aliphatic carbocycles. The molecule has 0 unspecified atom stereocenters. The van der Waals surface area contributed by atoms with Crippen LogP contribution in [-0.4, -0.2) is 24.4 Å². The standard InChI is InChI=1S/C15H21BF2O3/c1-9(2)19-13-11(17)7-10(8-12(13)18)16-20-14(3,4)15(5,6)21-16/h7-9H,1-6H3. The summed E-state index contributed by atoms with van der Waals surface area (Å²) in [5, 5.41) is 0. The molecule has 0 amide bonds. The van der Waals surface area contributed by atoms with Crippen molar-refractivity contribution >= 4 is 12.6 Å². The van der Waals surface area contributed by atoms with E-state index in [0.717, 1.165) is 0 Å². The zero-order chi connectivity index (χ0) is 16.0. The van der Waals surface area contributed by atoms with Gasteiger partial charge in [-0.3, -0.25) is 0 Å². The van der Waals surface area contributed by atoms with Gasteiger partial charge in [-0.05, 0) is 59.1 Å². The first kappa shape index (κ1) is 16.2. The molecule has 116 valence electrons. The van der Waals surface area contributed by atoms with Crippen molar-refractivity contribution in [2.75, 3.05) is 0 Å². The van der Waals surface area contributed by atoms with Gasteiger partial charge in [0, 0.05) is 0 Å². The molecule has 1 fully saturated rings. The maximum atomic E-state index is 14.0. The van der Waals surface area contributed by atoms with Crippen LogP contribution in [0, 0.1) is 11.6 Å². The van der Waals surface area contributed by atoms with Gasteiger partial charge in [0.15, 0.2) is 17.4 Å². The summed E-state index contributed by atoms with van der Waals surface area (Å²) in [6.45, 7) is 11.0. The molecule has 0 N–H and O–H groups in total. The molecule has 6 heteroatoms. The summed E-state index contributed by atoms with van der Waals surface area (Å²) in [6, 6.07) is 2.39. The van der Waals surface area contributed by atoms with E-state index in [1.54, 1.807) is 13.8 Å². The highest BCUT2D eigenvalue weighted by atomic mass is 19.1. The fraction of sp³-hybridized carbons (Fsp3) is 0.600. The molecule has 1 aliphatic heterocycles. The van der Waals surface area contributed by atoms with E-state index < -0.39 is 30.0 Å². The Morgan fingerprint density at radius 3 is 1.81 bits per heavy atom. The third kappa shape index (κ3) is 3.06. The average Bonchev–Trinajstić information content (AvgIpc) is 2.53. The first-order valence-corrected chi connectivity index (χ1v) is 7.05. The van der Waals surface area contributed by atoms with Gasteiger partial charge in [0.25, 0.3) is 0 Å². The second-order valence-corrected chi connectivity index (χ2v) is 6.57. The predicted molar refractivity (Wildman–Crippen MR) is 77.8 cm³/mol. The van der Waals surface area contributed by atoms with Gasteiger partial charge in [0.1, 0.15) is 0 Å². The molecule has 0 radical (unpaired) electrons. The topological polar surface area (TPSA) is 27.7 Å². The molecule has 2 rings (SSSR count). The van der Waals surface area contributed by atoms with E-state index in [0.29, 0.717) is 5.46 Å². The molecule has 0 spiro atoms. The lowest BCUT2D eigenvalue weighted by atomic mass is 9.79. The van der Waals surface area contributed by atoms with Crippen molar-refractivity contribution in [1.29, 1.82) is 0 Å². The summed E-state index contributed by atoms with van der Waals surface area (Å²) in [5.74, 6) is -1.88. The quantitative estimate of drug-likeness (QED) is 0.803. The third-order valence-electron chi connectivity index (χ3n) is 3.90. The molecule has 3 nitrogen and oxygen atoms in total. The van der Waals surface area contributed by atoms with Crippen molar-refractivity contribution in [3.05, 3.63) is 23.8 Å². The number of hydrogen-bond acceptors (Lipinski definition) is 3. The fourth-order valence-corrected chi connectivity index (χ4v) is 2.04. The number of benzene rings is 1. The smallest absolute Gasteiger partial charge is 0.485 e. The number of rotatable bonds is 3. The molecular weight excluding hydrogens is 277 g/mol. The first-order valence-electron chi connectivity index (χ1n) is 7.05. The molecule has 0 atom stereocenters. The van der Waals surface area contributed by atoms with Crippen LogP contribution in [0.15, 0.2) is 12.1 Å². The predicted octanol–water partition coefficient (Wildman–Crippen LogP) is 3.05. The van der Waals surface area contributed by atoms with E-state index in [9.17, 15) is 8.78 Å². The molecule has 1 aromatic carbocycles. The molecule has 1 aliphatic rings. The van der Waals surface area contributed by atoms with E-state index in [1.165, 1.54) is 12.1 Å². The Labute approximate surface area is 124 Å². The highest BCUT2D eigenvalue weighted by molar-refractivity contribution is 6.62. The second-order valence-electron chi connectivity index (χ2n) is 6.57. The first-order chi connectivity index (χ1) is 9.53. The molecule has 1 heterocycles. The minimum Gasteiger partial charge on any atom is -0.485 e. The maximum absolute atomic E-state index is 14.0. The number of hydrogen-bond donors (Lipinski definition) is 0. The van der Waals surface area contributed by atoms with Crippen molar-refractivity contribution in [1.82, 2.24) is 0 Å². The van der Waals surface area contributed by atoms with Gasteiger partial charge in [0.2, 0.25) is 0 Å². The molecule has 0 aromatic heterocycles. The van der Waals surface area contributed by atoms with Crippen molar-refractivity contribution in [2.45, 2.75) is 58.8 Å². The molecule has 1 saturated heterocycles. The highest BCUT2D eigenvalue weighted by Gasteiger charge is 2.52. The van der Waals surface area contributed by atoms with Gasteiger partial charge >= 0.3 is 7.12 Å². The van der Waals surface area contributed by atoms with Crippen LogP contribution >= 0.6 is 0 Å². The van der Waals surface area contributed by atoms with Crippen LogP contribution in [0.25, 0.3) is 0 Å². The van der Waals surface area contributed by atoms with E-state index in [2.05, 4.69) is 0 Å². The van der Waals surface area contributed by atoms with Crippen molar-refractivity contribution in [3.63, 3.8) is 0 Å². The second kappa shape index (κ2) is 5.25. The number of halogens is 2. The minimum atomic E-state index is -0.799. The summed E-state index contributed by atoms with van der Waals surface area (Å²) in [5.41, 5.74) is -0.810. The normalized spacial score (nSPS) is 20.1. The Morgan fingerprint density at radius 1 is 1.00 bits per heavy atom. The molecule has 0 saturated carbocycles. The van der Waals surface area contributed by atoms with Crippen LogP contribution in [0.1, 0.15) is 41.5 Å². The Bertz CT molecular complexity index is 505. The number of ether oxygens (including phenoxy) is 1. The van der Waals surface area contributed by atoms with Crippen LogP contribution in [0.2, 0.25) is 0 Å². The summed E-state index contributed by atoms with van der Waals surface area (Å²) < 4.78 is 44.8. The molecule has 1 aromatic rings. The monoisotopic (exact) mass is 298 g/mol. The fourth-order valence-electron chi connectivity index (χ4n) is 2.04. The van der Waals surface area contributed by atoms with Gasteiger partial charge in [-0.15, -0.1) is 0 Å². The summed E-state index contributed by atoms with van der Waals surface area (Å²) in [7, 11) is -0.799. The molecule has 0 bridgehead atoms. The Kier molecular flexibility index (Phi) is 4.06. The third-order valence-corrected chi connectivity index (χ3v) is 3.90. The van der Waals surface area contributed by atoms with Crippen molar-refractivity contribution in [2.24, 2.45) is 0 Å². The van der Waals surface area contributed by atoms with Crippen LogP contribution in [-0.2, 0) is 9.31 Å². The Morgan fingerprint density at radius 2 is 1.43 bits per heavy atom. The van der Waals surface area contributed by atoms with E-state index in [-0.39, 0.29) is 11.9 Å². The van der Waals surface area contributed by atoms with Gasteiger partial charge in [-0.1, -0.05) is 0 Å². The lowest BCUT2D eigenvalue weighted by molar-refractivity contribution is 0.00578. The lowest BCUT2D eigenvalue weighted by Crippen LogP contribution is -2.41. The van der Waals surface area contributed by atoms with Gasteiger partial charge in [-0.2, -0.15) is 0 Å². The zero-order valence-electron chi connectivity index (χ0n) is 13.3. The SMILES string of the molecule is CC(C)Oc1c(F)cc(B2OC(C)(C)C(C)(C)O2)cc1F. The Balaban J connectivity index is 2.31. The van der Waals surface area contributed by atoms with Gasteiger partial charge < -0.3 is 14.0 Å². The summed E-state index contributed by atoms with van der Waals surface area (Å²) in [4.78, 5) is 0. The van der Waals surface area contributed by atoms with E-state index in [4.69, 9.17) is 14.0 Å². The molecule has 21 heavy (non-hydrogen) atoms. The Hall–Kier alpha value is -1.14. The van der Waals surface area contributed by atoms with Crippen LogP contribution in [0.5, 0.6) is 5.75 Å². The molecular formula is C15H21BF2O3. The average molecular weight is 298 g/mol. The van der Waals surface area contributed by atoms with Gasteiger partial charge in [0.05, 0.1) is 17.3 Å². The van der Waals surface area contributed by atoms with Crippen LogP contribution in [0.4, 0.5) is 8.78 Å². The van der Waals surface area contributed by atoms with E-state index >= 15 is 0 Å². The summed E-state index contributed by atoms with van der Waals surface area (Å²) >= 11 is 0. The zero-order valence-corrected chi connectivity index (χ0v) is 13.3. The summed E-state index contributed by atoms with van der Waals surface area (Å²) in [6.07, 6.45) is -0.309. The van der Waals surface area contributed by atoms with Gasteiger partial charge in [-0.25, -0.2) is 8.78 Å². The van der Waals surface area contributed by atoms with Crippen molar-refractivity contribution in [3.8, 4) is 5.75 Å². The van der Waals surface area contributed by atoms with E-state index in [1.807, 2.05) is 27.7 Å². The maximum Gasteiger partial charge on any atom is 0.495 e. The highest BCUT2D eigenvalue weighted by Crippen LogP contribution is 2.36. The van der Waals surface area contributed by atoms with Crippen LogP contribution < -0.4 is 10.2 Å². The largest absolute Gasteiger partial charge is 0.495 e.